The number of hydrogen-bond acceptors (Lipinski definition) is 6. The largest absolute Gasteiger partial charge is 0.431 e. The summed E-state index contributed by atoms with van der Waals surface area (Å²) in [6.45, 7) is -0.213. The van der Waals surface area contributed by atoms with Crippen LogP contribution < -0.4 is 10.1 Å². The smallest absolute Gasteiger partial charge is 0.400 e. The second-order valence-corrected chi connectivity index (χ2v) is 12.5. The van der Waals surface area contributed by atoms with Crippen molar-refractivity contribution in [2.75, 3.05) is 12.8 Å². The molecular formula is C25H30F8N4O4S. The van der Waals surface area contributed by atoms with Crippen molar-refractivity contribution in [3.8, 4) is 11.6 Å². The molecule has 1 fully saturated rings. The van der Waals surface area contributed by atoms with E-state index in [4.69, 9.17) is 0 Å². The van der Waals surface area contributed by atoms with Crippen LogP contribution >= 0.6 is 0 Å². The van der Waals surface area contributed by atoms with Crippen LogP contribution in [-0.2, 0) is 22.7 Å². The van der Waals surface area contributed by atoms with Crippen molar-refractivity contribution in [1.82, 2.24) is 19.9 Å². The third-order valence-electron chi connectivity index (χ3n) is 7.21. The summed E-state index contributed by atoms with van der Waals surface area (Å²) in [6, 6.07) is 0.629. The van der Waals surface area contributed by atoms with Gasteiger partial charge >= 0.3 is 19.0 Å². The predicted octanol–water partition coefficient (Wildman–Crippen LogP) is 5.36. The molecule has 1 saturated carbocycles. The lowest BCUT2D eigenvalue weighted by molar-refractivity contribution is -0.283. The summed E-state index contributed by atoms with van der Waals surface area (Å²) in [6.07, 6.45) is -8.77. The van der Waals surface area contributed by atoms with Crippen LogP contribution in [0, 0.1) is 18.8 Å². The summed E-state index contributed by atoms with van der Waals surface area (Å²) in [5.41, 5.74) is -0.624. The van der Waals surface area contributed by atoms with Gasteiger partial charge in [0.1, 0.15) is 21.4 Å². The average molecular weight is 635 g/mol. The fourth-order valence-electron chi connectivity index (χ4n) is 4.97. The van der Waals surface area contributed by atoms with Crippen LogP contribution in [0.5, 0.6) is 5.75 Å². The van der Waals surface area contributed by atoms with Gasteiger partial charge in [0.15, 0.2) is 17.5 Å². The maximum Gasteiger partial charge on any atom is 0.400 e. The number of pyridine rings is 1. The van der Waals surface area contributed by atoms with E-state index in [-0.39, 0.29) is 36.1 Å². The molecule has 0 atom stereocenters. The number of halogens is 8. The van der Waals surface area contributed by atoms with Gasteiger partial charge in [-0.2, -0.15) is 35.1 Å². The first-order valence-electron chi connectivity index (χ1n) is 13.0. The Bertz CT molecular complexity index is 1350. The van der Waals surface area contributed by atoms with Gasteiger partial charge in [-0.05, 0) is 56.6 Å². The number of nitrogens with zero attached hydrogens (tertiary/aromatic N) is 3. The topological polar surface area (TPSA) is 103 Å². The molecule has 0 unspecified atom stereocenters. The molecule has 0 radical (unpaired) electrons. The van der Waals surface area contributed by atoms with E-state index in [0.717, 1.165) is 0 Å². The van der Waals surface area contributed by atoms with Crippen LogP contribution in [0.3, 0.4) is 0 Å². The van der Waals surface area contributed by atoms with Gasteiger partial charge < -0.3 is 10.1 Å². The molecule has 2 heterocycles. The van der Waals surface area contributed by atoms with Crippen molar-refractivity contribution in [2.45, 2.75) is 76.6 Å². The lowest BCUT2D eigenvalue weighted by atomic mass is 9.89. The van der Waals surface area contributed by atoms with Gasteiger partial charge in [-0.1, -0.05) is 6.92 Å². The molecule has 1 amide bonds. The van der Waals surface area contributed by atoms with Crippen molar-refractivity contribution >= 4 is 15.7 Å². The minimum Gasteiger partial charge on any atom is -0.431 e. The standard InChI is InChI=1S/C25H30F8N4O4S/c1-4-19-36-20(22(38)35-11-14-5-7-16(8-6-14)42(3,39)40)13(2)37(19)21-17(41-23(26)27)9-15(12-34-21)10-18(24(28,29)30)25(31,32)33/h9,12,14,16,18,23H,4-8,10-11H2,1-3H3,(H,35,38). The molecule has 1 aliphatic rings. The molecule has 8 nitrogen and oxygen atoms in total. The molecule has 2 aromatic heterocycles. The van der Waals surface area contributed by atoms with Crippen LogP contribution in [0.1, 0.15) is 60.2 Å². The minimum atomic E-state index is -5.65. The summed E-state index contributed by atoms with van der Waals surface area (Å²) in [7, 11) is -3.16. The summed E-state index contributed by atoms with van der Waals surface area (Å²) in [5, 5.41) is 2.31. The normalized spacial score (nSPS) is 18.5. The number of aromatic nitrogens is 3. The van der Waals surface area contributed by atoms with E-state index in [1.54, 1.807) is 6.92 Å². The molecule has 0 bridgehead atoms. The van der Waals surface area contributed by atoms with Crippen molar-refractivity contribution in [3.63, 3.8) is 0 Å². The Morgan fingerprint density at radius 2 is 1.71 bits per heavy atom. The molecule has 1 aliphatic carbocycles. The van der Waals surface area contributed by atoms with E-state index in [9.17, 15) is 48.3 Å². The Kier molecular flexibility index (Phi) is 10.1. The van der Waals surface area contributed by atoms with Gasteiger partial charge in [-0.15, -0.1) is 0 Å². The van der Waals surface area contributed by atoms with E-state index in [1.165, 1.54) is 17.7 Å². The number of carbonyl (C=O) groups is 1. The second-order valence-electron chi connectivity index (χ2n) is 10.2. The maximum atomic E-state index is 13.2. The molecule has 2 aromatic rings. The van der Waals surface area contributed by atoms with Gasteiger partial charge in [0.25, 0.3) is 5.91 Å². The number of aryl methyl sites for hydroxylation is 1. The first-order valence-corrected chi connectivity index (χ1v) is 14.9. The van der Waals surface area contributed by atoms with Crippen molar-refractivity contribution in [3.05, 3.63) is 35.0 Å². The molecule has 17 heteroatoms. The highest BCUT2D eigenvalue weighted by molar-refractivity contribution is 7.91. The van der Waals surface area contributed by atoms with Crippen LogP contribution in [-0.4, -0.2) is 65.9 Å². The average Bonchev–Trinajstić information content (AvgIpc) is 3.20. The number of alkyl halides is 8. The summed E-state index contributed by atoms with van der Waals surface area (Å²) >= 11 is 0. The Morgan fingerprint density at radius 3 is 2.21 bits per heavy atom. The van der Waals surface area contributed by atoms with E-state index in [2.05, 4.69) is 20.0 Å². The van der Waals surface area contributed by atoms with Gasteiger partial charge in [0.05, 0.1) is 10.9 Å². The number of rotatable bonds is 10. The van der Waals surface area contributed by atoms with Crippen LogP contribution in [0.2, 0.25) is 0 Å². The highest BCUT2D eigenvalue weighted by Crippen LogP contribution is 2.42. The van der Waals surface area contributed by atoms with Gasteiger partial charge in [-0.25, -0.2) is 18.4 Å². The molecule has 42 heavy (non-hydrogen) atoms. The molecule has 3 rings (SSSR count). The number of ether oxygens (including phenoxy) is 1. The third-order valence-corrected chi connectivity index (χ3v) is 8.89. The summed E-state index contributed by atoms with van der Waals surface area (Å²) in [4.78, 5) is 21.1. The number of carbonyl (C=O) groups excluding carboxylic acids is 1. The molecule has 0 spiro atoms. The maximum absolute atomic E-state index is 13.2. The number of hydrogen-bond donors (Lipinski definition) is 1. The zero-order chi connectivity index (χ0) is 31.6. The Balaban J connectivity index is 1.88. The SMILES string of the molecule is CCc1nc(C(=O)NCC2CCC(S(C)(=O)=O)CC2)c(C)n1-c1ncc(CC(C(F)(F)F)C(F)(F)F)cc1OC(F)F. The fourth-order valence-corrected chi connectivity index (χ4v) is 6.10. The Labute approximate surface area is 236 Å². The van der Waals surface area contributed by atoms with Crippen LogP contribution in [0.15, 0.2) is 12.3 Å². The van der Waals surface area contributed by atoms with E-state index in [1.807, 2.05) is 0 Å². The van der Waals surface area contributed by atoms with Gasteiger partial charge in [0, 0.05) is 25.4 Å². The highest BCUT2D eigenvalue weighted by Gasteiger charge is 2.56. The first-order chi connectivity index (χ1) is 19.3. The number of amides is 1. The Hall–Kier alpha value is -2.98. The first kappa shape index (κ1) is 33.5. The zero-order valence-corrected chi connectivity index (χ0v) is 23.6. The van der Waals surface area contributed by atoms with Crippen LogP contribution in [0.25, 0.3) is 5.82 Å². The van der Waals surface area contributed by atoms with Gasteiger partial charge in [0.2, 0.25) is 0 Å². The van der Waals surface area contributed by atoms with E-state index < -0.39 is 69.4 Å². The van der Waals surface area contributed by atoms with E-state index >= 15 is 0 Å². The number of nitrogens with one attached hydrogen (secondary N) is 1. The monoisotopic (exact) mass is 634 g/mol. The molecule has 0 aromatic carbocycles. The third kappa shape index (κ3) is 8.10. The predicted molar refractivity (Wildman–Crippen MR) is 134 cm³/mol. The molecule has 0 aliphatic heterocycles. The number of imidazole rings is 1. The van der Waals surface area contributed by atoms with Crippen molar-refractivity contribution < 1.29 is 53.1 Å². The molecular weight excluding hydrogens is 604 g/mol. The lowest BCUT2D eigenvalue weighted by Crippen LogP contribution is -2.38. The lowest BCUT2D eigenvalue weighted by Gasteiger charge is -2.27. The zero-order valence-electron chi connectivity index (χ0n) is 22.8. The molecule has 1 N–H and O–H groups in total. The highest BCUT2D eigenvalue weighted by atomic mass is 32.2. The second kappa shape index (κ2) is 12.7. The minimum absolute atomic E-state index is 0.0254. The van der Waals surface area contributed by atoms with Crippen molar-refractivity contribution in [1.29, 1.82) is 0 Å². The molecule has 236 valence electrons. The Morgan fingerprint density at radius 1 is 1.12 bits per heavy atom. The molecule has 0 saturated heterocycles. The van der Waals surface area contributed by atoms with Gasteiger partial charge in [-0.3, -0.25) is 9.36 Å². The summed E-state index contributed by atoms with van der Waals surface area (Å²) < 4.78 is 134. The van der Waals surface area contributed by atoms with Crippen molar-refractivity contribution in [2.24, 2.45) is 11.8 Å². The quantitative estimate of drug-likeness (QED) is 0.354. The fraction of sp³-hybridized carbons (Fsp3) is 0.640. The van der Waals surface area contributed by atoms with E-state index in [0.29, 0.717) is 37.9 Å². The number of sulfone groups is 1. The summed E-state index contributed by atoms with van der Waals surface area (Å²) in [5.74, 6) is -5.39. The van der Waals surface area contributed by atoms with Crippen LogP contribution in [0.4, 0.5) is 35.1 Å².